The predicted molar refractivity (Wildman–Crippen MR) is 87.9 cm³/mol. The first-order valence-electron chi connectivity index (χ1n) is 7.41. The van der Waals surface area contributed by atoms with Gasteiger partial charge in [0.15, 0.2) is 0 Å². The van der Waals surface area contributed by atoms with Crippen LogP contribution in [0.1, 0.15) is 33.3 Å². The number of fused-ring (bicyclic) bond motifs is 1. The Morgan fingerprint density at radius 2 is 2.23 bits per heavy atom. The zero-order valence-corrected chi connectivity index (χ0v) is 13.5. The second kappa shape index (κ2) is 6.08. The molecule has 1 aromatic heterocycles. The van der Waals surface area contributed by atoms with Crippen LogP contribution in [0.5, 0.6) is 0 Å². The van der Waals surface area contributed by atoms with Gasteiger partial charge in [0.05, 0.1) is 12.5 Å². The summed E-state index contributed by atoms with van der Waals surface area (Å²) in [6.45, 7) is 4.83. The molecule has 1 amide bonds. The molecule has 1 unspecified atom stereocenters. The number of benzene rings is 1. The second-order valence-electron chi connectivity index (χ2n) is 5.68. The predicted octanol–water partition coefficient (Wildman–Crippen LogP) is 3.72. The van der Waals surface area contributed by atoms with Crippen molar-refractivity contribution in [2.75, 3.05) is 11.9 Å². The van der Waals surface area contributed by atoms with Crippen LogP contribution in [0.2, 0.25) is 0 Å². The van der Waals surface area contributed by atoms with Gasteiger partial charge in [-0.25, -0.2) is 4.39 Å². The highest BCUT2D eigenvalue weighted by Crippen LogP contribution is 2.30. The monoisotopic (exact) mass is 318 g/mol. The first kappa shape index (κ1) is 15.0. The van der Waals surface area contributed by atoms with Gasteiger partial charge >= 0.3 is 0 Å². The van der Waals surface area contributed by atoms with Crippen molar-refractivity contribution in [3.63, 3.8) is 0 Å². The first-order chi connectivity index (χ1) is 10.5. The molecule has 0 bridgehead atoms. The number of aryl methyl sites for hydroxylation is 2. The van der Waals surface area contributed by atoms with E-state index in [-0.39, 0.29) is 17.8 Å². The van der Waals surface area contributed by atoms with E-state index >= 15 is 0 Å². The maximum atomic E-state index is 13.3. The minimum atomic E-state index is -0.261. The van der Waals surface area contributed by atoms with E-state index in [4.69, 9.17) is 0 Å². The van der Waals surface area contributed by atoms with Crippen molar-refractivity contribution >= 4 is 22.9 Å². The fourth-order valence-electron chi connectivity index (χ4n) is 2.92. The molecular formula is C17H19FN2OS. The number of hydrogen-bond acceptors (Lipinski definition) is 3. The Kier molecular flexibility index (Phi) is 4.16. The van der Waals surface area contributed by atoms with E-state index in [0.717, 1.165) is 29.8 Å². The SMILES string of the molecule is Cc1cc(CC(=O)NC2CCNc3cc(F)ccc32)c(C)s1. The Labute approximate surface area is 133 Å². The summed E-state index contributed by atoms with van der Waals surface area (Å²) in [6, 6.07) is 6.70. The Morgan fingerprint density at radius 1 is 1.41 bits per heavy atom. The van der Waals surface area contributed by atoms with Crippen LogP contribution in [-0.2, 0) is 11.2 Å². The van der Waals surface area contributed by atoms with E-state index in [0.29, 0.717) is 6.42 Å². The van der Waals surface area contributed by atoms with Gasteiger partial charge in [-0.1, -0.05) is 6.07 Å². The number of hydrogen-bond donors (Lipinski definition) is 2. The fraction of sp³-hybridized carbons (Fsp3) is 0.353. The van der Waals surface area contributed by atoms with Crippen LogP contribution in [-0.4, -0.2) is 12.5 Å². The molecule has 1 aromatic carbocycles. The Morgan fingerprint density at radius 3 is 2.95 bits per heavy atom. The Hall–Kier alpha value is -1.88. The molecule has 116 valence electrons. The van der Waals surface area contributed by atoms with E-state index in [1.165, 1.54) is 21.9 Å². The molecule has 0 saturated heterocycles. The number of anilines is 1. The van der Waals surface area contributed by atoms with Crippen LogP contribution >= 0.6 is 11.3 Å². The lowest BCUT2D eigenvalue weighted by Crippen LogP contribution is -2.33. The van der Waals surface area contributed by atoms with Crippen molar-refractivity contribution in [2.24, 2.45) is 0 Å². The molecule has 1 aliphatic rings. The van der Waals surface area contributed by atoms with E-state index in [1.807, 2.05) is 6.92 Å². The normalized spacial score (nSPS) is 16.8. The number of nitrogens with one attached hydrogen (secondary N) is 2. The van der Waals surface area contributed by atoms with Crippen molar-refractivity contribution in [3.8, 4) is 0 Å². The van der Waals surface area contributed by atoms with Gasteiger partial charge < -0.3 is 10.6 Å². The first-order valence-corrected chi connectivity index (χ1v) is 8.23. The molecular weight excluding hydrogens is 299 g/mol. The Bertz CT molecular complexity index is 711. The summed E-state index contributed by atoms with van der Waals surface area (Å²) < 4.78 is 13.3. The van der Waals surface area contributed by atoms with Crippen molar-refractivity contribution in [3.05, 3.63) is 51.0 Å². The van der Waals surface area contributed by atoms with Crippen molar-refractivity contribution in [1.29, 1.82) is 0 Å². The van der Waals surface area contributed by atoms with Crippen LogP contribution < -0.4 is 10.6 Å². The smallest absolute Gasteiger partial charge is 0.224 e. The third kappa shape index (κ3) is 3.14. The van der Waals surface area contributed by atoms with E-state index in [9.17, 15) is 9.18 Å². The van der Waals surface area contributed by atoms with Gasteiger partial charge in [0, 0.05) is 22.0 Å². The second-order valence-corrected chi connectivity index (χ2v) is 7.14. The Balaban J connectivity index is 1.71. The summed E-state index contributed by atoms with van der Waals surface area (Å²) in [7, 11) is 0. The lowest BCUT2D eigenvalue weighted by atomic mass is 9.97. The van der Waals surface area contributed by atoms with Crippen molar-refractivity contribution in [2.45, 2.75) is 32.7 Å². The van der Waals surface area contributed by atoms with Crippen molar-refractivity contribution in [1.82, 2.24) is 5.32 Å². The average Bonchev–Trinajstić information content (AvgIpc) is 2.76. The number of thiophene rings is 1. The number of carbonyl (C=O) groups excluding carboxylic acids is 1. The molecule has 2 aromatic rings. The highest BCUT2D eigenvalue weighted by Gasteiger charge is 2.22. The summed E-state index contributed by atoms with van der Waals surface area (Å²) in [4.78, 5) is 14.7. The van der Waals surface area contributed by atoms with Crippen molar-refractivity contribution < 1.29 is 9.18 Å². The molecule has 0 saturated carbocycles. The highest BCUT2D eigenvalue weighted by molar-refractivity contribution is 7.12. The molecule has 0 aliphatic carbocycles. The topological polar surface area (TPSA) is 41.1 Å². The average molecular weight is 318 g/mol. The standard InChI is InChI=1S/C17H19FN2OS/c1-10-7-12(11(2)22-10)8-17(21)20-15-5-6-19-16-9-13(18)3-4-14(15)16/h3-4,7,9,15,19H,5-6,8H2,1-2H3,(H,20,21). The zero-order chi connectivity index (χ0) is 15.7. The van der Waals surface area contributed by atoms with Crippen LogP contribution in [0.3, 0.4) is 0 Å². The van der Waals surface area contributed by atoms with E-state index in [2.05, 4.69) is 23.6 Å². The minimum Gasteiger partial charge on any atom is -0.385 e. The molecule has 0 radical (unpaired) electrons. The quantitative estimate of drug-likeness (QED) is 0.905. The molecule has 3 nitrogen and oxygen atoms in total. The molecule has 5 heteroatoms. The maximum Gasteiger partial charge on any atom is 0.224 e. The van der Waals surface area contributed by atoms with Crippen LogP contribution in [0.15, 0.2) is 24.3 Å². The van der Waals surface area contributed by atoms with Gasteiger partial charge in [-0.15, -0.1) is 11.3 Å². The van der Waals surface area contributed by atoms with Crippen LogP contribution in [0, 0.1) is 19.7 Å². The van der Waals surface area contributed by atoms with Gasteiger partial charge in [0.1, 0.15) is 5.82 Å². The lowest BCUT2D eigenvalue weighted by molar-refractivity contribution is -0.121. The van der Waals surface area contributed by atoms with Crippen LogP contribution in [0.4, 0.5) is 10.1 Å². The van der Waals surface area contributed by atoms with Gasteiger partial charge in [0.2, 0.25) is 5.91 Å². The van der Waals surface area contributed by atoms with Gasteiger partial charge in [-0.2, -0.15) is 0 Å². The molecule has 2 heterocycles. The van der Waals surface area contributed by atoms with Crippen LogP contribution in [0.25, 0.3) is 0 Å². The minimum absolute atomic E-state index is 0.0167. The third-order valence-electron chi connectivity index (χ3n) is 3.97. The molecule has 1 atom stereocenters. The molecule has 3 rings (SSSR count). The summed E-state index contributed by atoms with van der Waals surface area (Å²) in [5, 5.41) is 6.26. The summed E-state index contributed by atoms with van der Waals surface area (Å²) >= 11 is 1.72. The lowest BCUT2D eigenvalue weighted by Gasteiger charge is -2.27. The molecule has 22 heavy (non-hydrogen) atoms. The van der Waals surface area contributed by atoms with Gasteiger partial charge in [-0.05, 0) is 49.6 Å². The zero-order valence-electron chi connectivity index (χ0n) is 12.7. The van der Waals surface area contributed by atoms with Gasteiger partial charge in [-0.3, -0.25) is 4.79 Å². The molecule has 1 aliphatic heterocycles. The van der Waals surface area contributed by atoms with Gasteiger partial charge in [0.25, 0.3) is 0 Å². The summed E-state index contributed by atoms with van der Waals surface area (Å²) in [6.07, 6.45) is 1.21. The van der Waals surface area contributed by atoms with E-state index < -0.39 is 0 Å². The summed E-state index contributed by atoms with van der Waals surface area (Å²) in [5.74, 6) is -0.245. The molecule has 2 N–H and O–H groups in total. The summed E-state index contributed by atoms with van der Waals surface area (Å²) in [5.41, 5.74) is 2.83. The number of amides is 1. The fourth-order valence-corrected chi connectivity index (χ4v) is 3.87. The third-order valence-corrected chi connectivity index (χ3v) is 4.98. The number of halogens is 1. The number of carbonyl (C=O) groups is 1. The van der Waals surface area contributed by atoms with E-state index in [1.54, 1.807) is 17.4 Å². The highest BCUT2D eigenvalue weighted by atomic mass is 32.1. The molecule has 0 spiro atoms. The number of rotatable bonds is 3. The molecule has 0 fully saturated rings. The maximum absolute atomic E-state index is 13.3. The largest absolute Gasteiger partial charge is 0.385 e.